The van der Waals surface area contributed by atoms with Crippen LogP contribution in [0.3, 0.4) is 0 Å². The number of rotatable bonds is 1. The Morgan fingerprint density at radius 1 is 1.38 bits per heavy atom. The van der Waals surface area contributed by atoms with Gasteiger partial charge in [-0.25, -0.2) is 4.98 Å². The molecule has 1 aromatic heterocycles. The first-order chi connectivity index (χ1) is 6.31. The van der Waals surface area contributed by atoms with Crippen molar-refractivity contribution in [1.82, 2.24) is 14.5 Å². The molecule has 0 atom stereocenters. The highest BCUT2D eigenvalue weighted by Crippen LogP contribution is 2.13. The second kappa shape index (κ2) is 3.50. The number of hydrogen-bond donors (Lipinski definition) is 0. The molecule has 0 amide bonds. The van der Waals surface area contributed by atoms with E-state index < -0.39 is 0 Å². The normalized spacial score (nSPS) is 18.3. The van der Waals surface area contributed by atoms with Gasteiger partial charge in [-0.05, 0) is 14.0 Å². The van der Waals surface area contributed by atoms with Gasteiger partial charge in [0.1, 0.15) is 0 Å². The summed E-state index contributed by atoms with van der Waals surface area (Å²) < 4.78 is 2.27. The van der Waals surface area contributed by atoms with Crippen LogP contribution in [0.5, 0.6) is 0 Å². The van der Waals surface area contributed by atoms with E-state index in [0.29, 0.717) is 0 Å². The molecule has 0 fully saturated rings. The van der Waals surface area contributed by atoms with Gasteiger partial charge >= 0.3 is 0 Å². The van der Waals surface area contributed by atoms with Crippen LogP contribution in [0.25, 0.3) is 0 Å². The first-order valence-corrected chi connectivity index (χ1v) is 5.02. The van der Waals surface area contributed by atoms with Crippen molar-refractivity contribution in [1.29, 1.82) is 0 Å². The minimum Gasteiger partial charge on any atom is -0.335 e. The van der Waals surface area contributed by atoms with Crippen LogP contribution in [0.4, 0.5) is 0 Å². The predicted octanol–water partition coefficient (Wildman–Crippen LogP) is 0.933. The molecule has 2 rings (SSSR count). The molecule has 1 aliphatic rings. The van der Waals surface area contributed by atoms with Crippen LogP contribution >= 0.6 is 0 Å². The molecule has 0 N–H and O–H groups in total. The van der Waals surface area contributed by atoms with Crippen molar-refractivity contribution in [3.63, 3.8) is 0 Å². The Morgan fingerprint density at radius 2 is 2.15 bits per heavy atom. The van der Waals surface area contributed by atoms with Gasteiger partial charge in [-0.1, -0.05) is 0 Å². The fraction of sp³-hybridized carbons (Fsp3) is 0.700. The smallest absolute Gasteiger partial charge is 0.0951 e. The van der Waals surface area contributed by atoms with E-state index in [1.807, 2.05) is 6.33 Å². The Balaban J connectivity index is 2.26. The van der Waals surface area contributed by atoms with Gasteiger partial charge in [0.2, 0.25) is 0 Å². The van der Waals surface area contributed by atoms with Crippen molar-refractivity contribution >= 4 is 0 Å². The molecular weight excluding hydrogens is 162 g/mol. The van der Waals surface area contributed by atoms with E-state index in [9.17, 15) is 0 Å². The van der Waals surface area contributed by atoms with E-state index in [2.05, 4.69) is 28.4 Å². The Hall–Kier alpha value is -0.830. The van der Waals surface area contributed by atoms with E-state index in [1.165, 1.54) is 17.9 Å². The highest BCUT2D eigenvalue weighted by Gasteiger charge is 2.15. The van der Waals surface area contributed by atoms with Gasteiger partial charge in [0.15, 0.2) is 0 Å². The van der Waals surface area contributed by atoms with Crippen LogP contribution in [0, 0.1) is 0 Å². The second-order valence-corrected chi connectivity index (χ2v) is 3.73. The van der Waals surface area contributed by atoms with Gasteiger partial charge in [-0.15, -0.1) is 0 Å². The number of likely N-dealkylation sites (N-methyl/N-ethyl adjacent to an activating group) is 1. The largest absolute Gasteiger partial charge is 0.335 e. The van der Waals surface area contributed by atoms with Crippen molar-refractivity contribution in [3.8, 4) is 0 Å². The third-order valence-electron chi connectivity index (χ3n) is 2.83. The van der Waals surface area contributed by atoms with Crippen LogP contribution in [-0.4, -0.2) is 34.6 Å². The predicted molar refractivity (Wildman–Crippen MR) is 52.8 cm³/mol. The number of aryl methyl sites for hydroxylation is 1. The third-order valence-corrected chi connectivity index (χ3v) is 2.83. The van der Waals surface area contributed by atoms with Crippen LogP contribution in [-0.2, 0) is 19.4 Å². The fourth-order valence-electron chi connectivity index (χ4n) is 1.92. The summed E-state index contributed by atoms with van der Waals surface area (Å²) in [5, 5.41) is 0. The standard InChI is InChI=1S/C10H17N3/c1-3-13-8-11-9-4-6-12(2)7-5-10(9)13/h8H,3-7H2,1-2H3. The minimum absolute atomic E-state index is 1.05. The number of fused-ring (bicyclic) bond motifs is 1. The van der Waals surface area contributed by atoms with Crippen molar-refractivity contribution in [2.45, 2.75) is 26.3 Å². The van der Waals surface area contributed by atoms with E-state index >= 15 is 0 Å². The maximum Gasteiger partial charge on any atom is 0.0951 e. The average molecular weight is 179 g/mol. The molecule has 0 saturated carbocycles. The summed E-state index contributed by atoms with van der Waals surface area (Å²) in [6, 6.07) is 0. The van der Waals surface area contributed by atoms with Gasteiger partial charge in [0.05, 0.1) is 12.0 Å². The molecule has 0 bridgehead atoms. The van der Waals surface area contributed by atoms with E-state index in [4.69, 9.17) is 0 Å². The molecule has 2 heterocycles. The summed E-state index contributed by atoms with van der Waals surface area (Å²) in [6.07, 6.45) is 4.24. The quantitative estimate of drug-likeness (QED) is 0.639. The topological polar surface area (TPSA) is 21.1 Å². The maximum absolute atomic E-state index is 4.46. The lowest BCUT2D eigenvalue weighted by molar-refractivity contribution is 0.349. The van der Waals surface area contributed by atoms with Crippen molar-refractivity contribution in [2.75, 3.05) is 20.1 Å². The summed E-state index contributed by atoms with van der Waals surface area (Å²) in [7, 11) is 2.18. The van der Waals surface area contributed by atoms with E-state index in [-0.39, 0.29) is 0 Å². The molecule has 72 valence electrons. The number of imidazole rings is 1. The Morgan fingerprint density at radius 3 is 2.92 bits per heavy atom. The van der Waals surface area contributed by atoms with Crippen LogP contribution in [0.2, 0.25) is 0 Å². The van der Waals surface area contributed by atoms with Gasteiger partial charge in [-0.3, -0.25) is 0 Å². The second-order valence-electron chi connectivity index (χ2n) is 3.73. The lowest BCUT2D eigenvalue weighted by Gasteiger charge is -2.11. The number of aromatic nitrogens is 2. The Bertz CT molecular complexity index is 290. The highest BCUT2D eigenvalue weighted by atomic mass is 15.1. The monoisotopic (exact) mass is 179 g/mol. The zero-order chi connectivity index (χ0) is 9.26. The average Bonchev–Trinajstić information content (AvgIpc) is 2.45. The maximum atomic E-state index is 4.46. The SMILES string of the molecule is CCn1cnc2c1CCN(C)CC2. The zero-order valence-electron chi connectivity index (χ0n) is 8.45. The molecule has 1 aromatic rings. The van der Waals surface area contributed by atoms with Crippen molar-refractivity contribution in [2.24, 2.45) is 0 Å². The molecule has 0 aliphatic carbocycles. The van der Waals surface area contributed by atoms with E-state index in [0.717, 1.165) is 25.9 Å². The molecule has 1 aliphatic heterocycles. The van der Waals surface area contributed by atoms with Crippen LogP contribution in [0.15, 0.2) is 6.33 Å². The molecule has 3 nitrogen and oxygen atoms in total. The summed E-state index contributed by atoms with van der Waals surface area (Å²) >= 11 is 0. The summed E-state index contributed by atoms with van der Waals surface area (Å²) in [4.78, 5) is 6.83. The molecule has 0 unspecified atom stereocenters. The summed E-state index contributed by atoms with van der Waals surface area (Å²) in [5.74, 6) is 0. The highest BCUT2D eigenvalue weighted by molar-refractivity contribution is 5.15. The molecule has 13 heavy (non-hydrogen) atoms. The first kappa shape index (κ1) is 8.75. The number of hydrogen-bond acceptors (Lipinski definition) is 2. The lowest BCUT2D eigenvalue weighted by Crippen LogP contribution is -2.21. The first-order valence-electron chi connectivity index (χ1n) is 5.02. The molecule has 0 aromatic carbocycles. The molecular formula is C10H17N3. The summed E-state index contributed by atoms with van der Waals surface area (Å²) in [5.41, 5.74) is 2.76. The van der Waals surface area contributed by atoms with Gasteiger partial charge in [-0.2, -0.15) is 0 Å². The van der Waals surface area contributed by atoms with E-state index in [1.54, 1.807) is 0 Å². The van der Waals surface area contributed by atoms with Crippen molar-refractivity contribution in [3.05, 3.63) is 17.7 Å². The lowest BCUT2D eigenvalue weighted by atomic mass is 10.2. The minimum atomic E-state index is 1.05. The Kier molecular flexibility index (Phi) is 2.36. The molecule has 0 spiro atoms. The van der Waals surface area contributed by atoms with Crippen molar-refractivity contribution < 1.29 is 0 Å². The molecule has 0 saturated heterocycles. The van der Waals surface area contributed by atoms with Crippen LogP contribution in [0.1, 0.15) is 18.3 Å². The van der Waals surface area contributed by atoms with Gasteiger partial charge in [0.25, 0.3) is 0 Å². The summed E-state index contributed by atoms with van der Waals surface area (Å²) in [6.45, 7) is 5.54. The van der Waals surface area contributed by atoms with Gasteiger partial charge < -0.3 is 9.47 Å². The van der Waals surface area contributed by atoms with Crippen LogP contribution < -0.4 is 0 Å². The fourth-order valence-corrected chi connectivity index (χ4v) is 1.92. The van der Waals surface area contributed by atoms with Gasteiger partial charge in [0, 0.05) is 38.2 Å². The third kappa shape index (κ3) is 1.61. The Labute approximate surface area is 79.4 Å². The number of nitrogens with zero attached hydrogens (tertiary/aromatic N) is 3. The molecule has 3 heteroatoms. The zero-order valence-corrected chi connectivity index (χ0v) is 8.45. The molecule has 0 radical (unpaired) electrons.